The molecule has 0 aliphatic carbocycles. The van der Waals surface area contributed by atoms with E-state index in [1.165, 1.54) is 18.5 Å². The third-order valence-electron chi connectivity index (χ3n) is 2.53. The van der Waals surface area contributed by atoms with Gasteiger partial charge in [0.25, 0.3) is 0 Å². The fourth-order valence-electron chi connectivity index (χ4n) is 1.75. The van der Waals surface area contributed by atoms with Crippen LogP contribution in [0.1, 0.15) is 32.3 Å². The molecule has 0 unspecified atom stereocenters. The lowest BCUT2D eigenvalue weighted by Gasteiger charge is -2.24. The molecule has 1 aromatic rings. The molecule has 1 aromatic carbocycles. The quantitative estimate of drug-likeness (QED) is 0.681. The second-order valence-electron chi connectivity index (χ2n) is 3.90. The van der Waals surface area contributed by atoms with E-state index in [9.17, 15) is 0 Å². The Kier molecular flexibility index (Phi) is 6.22. The average molecular weight is 305 g/mol. The Bertz CT molecular complexity index is 322. The van der Waals surface area contributed by atoms with Gasteiger partial charge in [-0.25, -0.2) is 0 Å². The van der Waals surface area contributed by atoms with Crippen LogP contribution in [0.2, 0.25) is 0 Å². The molecule has 0 radical (unpaired) electrons. The van der Waals surface area contributed by atoms with Gasteiger partial charge in [0, 0.05) is 29.1 Å². The van der Waals surface area contributed by atoms with Gasteiger partial charge < -0.3 is 4.90 Å². The van der Waals surface area contributed by atoms with Gasteiger partial charge in [-0.1, -0.05) is 35.8 Å². The number of rotatable bonds is 6. The van der Waals surface area contributed by atoms with Gasteiger partial charge >= 0.3 is 0 Å². The molecular weight excluding hydrogens is 286 g/mol. The lowest BCUT2D eigenvalue weighted by molar-refractivity contribution is 0.744. The Hall–Kier alpha value is -0.210. The predicted octanol–water partition coefficient (Wildman–Crippen LogP) is 4.81. The summed E-state index contributed by atoms with van der Waals surface area (Å²) in [5.41, 5.74) is 2.43. The monoisotopic (exact) mass is 303 g/mol. The van der Waals surface area contributed by atoms with E-state index >= 15 is 0 Å². The molecule has 0 aliphatic heterocycles. The minimum Gasteiger partial charge on any atom is -0.372 e. The van der Waals surface area contributed by atoms with Gasteiger partial charge in [-0.3, -0.25) is 0 Å². The Labute approximate surface area is 112 Å². The third-order valence-corrected chi connectivity index (χ3v) is 3.56. The molecule has 0 spiro atoms. The number of anilines is 1. The molecule has 90 valence electrons. The van der Waals surface area contributed by atoms with Crippen molar-refractivity contribution in [1.29, 1.82) is 0 Å². The van der Waals surface area contributed by atoms with Gasteiger partial charge in [-0.2, -0.15) is 0 Å². The maximum atomic E-state index is 5.84. The molecular formula is C13H19BrClN. The molecule has 0 atom stereocenters. The molecule has 0 saturated heterocycles. The zero-order valence-corrected chi connectivity index (χ0v) is 12.3. The molecule has 1 nitrogen and oxygen atoms in total. The minimum absolute atomic E-state index is 0.558. The van der Waals surface area contributed by atoms with Crippen LogP contribution in [-0.4, -0.2) is 13.1 Å². The molecule has 0 amide bonds. The van der Waals surface area contributed by atoms with Crippen LogP contribution in [0.4, 0.5) is 5.69 Å². The number of hydrogen-bond donors (Lipinski definition) is 0. The second kappa shape index (κ2) is 7.18. The summed E-state index contributed by atoms with van der Waals surface area (Å²) in [7, 11) is 0. The molecule has 1 rings (SSSR count). The van der Waals surface area contributed by atoms with Crippen molar-refractivity contribution < 1.29 is 0 Å². The van der Waals surface area contributed by atoms with Gasteiger partial charge in [-0.15, -0.1) is 11.6 Å². The number of hydrogen-bond acceptors (Lipinski definition) is 1. The molecule has 0 N–H and O–H groups in total. The summed E-state index contributed by atoms with van der Waals surface area (Å²) in [6.07, 6.45) is 2.35. The SMILES string of the molecule is CCCN(CCC)c1ccc(CCl)c(Br)c1. The van der Waals surface area contributed by atoms with E-state index in [1.54, 1.807) is 0 Å². The summed E-state index contributed by atoms with van der Waals surface area (Å²) in [6, 6.07) is 6.43. The van der Waals surface area contributed by atoms with Gasteiger partial charge in [0.15, 0.2) is 0 Å². The first kappa shape index (κ1) is 13.9. The first-order valence-electron chi connectivity index (χ1n) is 5.82. The summed E-state index contributed by atoms with van der Waals surface area (Å²) < 4.78 is 1.11. The van der Waals surface area contributed by atoms with Crippen molar-refractivity contribution in [3.8, 4) is 0 Å². The summed E-state index contributed by atoms with van der Waals surface area (Å²) in [4.78, 5) is 2.42. The molecule has 0 aliphatic rings. The van der Waals surface area contributed by atoms with Crippen LogP contribution in [0.3, 0.4) is 0 Å². The highest BCUT2D eigenvalue weighted by Gasteiger charge is 2.06. The largest absolute Gasteiger partial charge is 0.372 e. The number of benzene rings is 1. The van der Waals surface area contributed by atoms with Crippen LogP contribution in [0.5, 0.6) is 0 Å². The first-order chi connectivity index (χ1) is 7.72. The van der Waals surface area contributed by atoms with Crippen LogP contribution in [0.25, 0.3) is 0 Å². The van der Waals surface area contributed by atoms with Crippen LogP contribution in [0, 0.1) is 0 Å². The fraction of sp³-hybridized carbons (Fsp3) is 0.538. The molecule has 0 saturated carbocycles. The molecule has 0 aromatic heterocycles. The van der Waals surface area contributed by atoms with Crippen LogP contribution in [-0.2, 0) is 5.88 Å². The second-order valence-corrected chi connectivity index (χ2v) is 5.02. The summed E-state index contributed by atoms with van der Waals surface area (Å²) >= 11 is 9.41. The molecule has 0 heterocycles. The normalized spacial score (nSPS) is 10.5. The Morgan fingerprint density at radius 1 is 1.19 bits per heavy atom. The van der Waals surface area contributed by atoms with E-state index in [1.807, 2.05) is 0 Å². The van der Waals surface area contributed by atoms with Crippen molar-refractivity contribution in [3.05, 3.63) is 28.2 Å². The van der Waals surface area contributed by atoms with E-state index < -0.39 is 0 Å². The van der Waals surface area contributed by atoms with E-state index in [-0.39, 0.29) is 0 Å². The van der Waals surface area contributed by atoms with Crippen molar-refractivity contribution >= 4 is 33.2 Å². The smallest absolute Gasteiger partial charge is 0.0485 e. The van der Waals surface area contributed by atoms with E-state index in [0.717, 1.165) is 23.1 Å². The summed E-state index contributed by atoms with van der Waals surface area (Å²) in [5, 5.41) is 0. The van der Waals surface area contributed by atoms with Crippen molar-refractivity contribution in [2.24, 2.45) is 0 Å². The van der Waals surface area contributed by atoms with Crippen LogP contribution < -0.4 is 4.90 Å². The van der Waals surface area contributed by atoms with Gasteiger partial charge in [0.1, 0.15) is 0 Å². The fourth-order valence-corrected chi connectivity index (χ4v) is 2.65. The summed E-state index contributed by atoms with van der Waals surface area (Å²) in [6.45, 7) is 6.65. The third kappa shape index (κ3) is 3.67. The van der Waals surface area contributed by atoms with Crippen molar-refractivity contribution in [1.82, 2.24) is 0 Å². The lowest BCUT2D eigenvalue weighted by Crippen LogP contribution is -2.24. The standard InChI is InChI=1S/C13H19BrClN/c1-3-7-16(8-4-2)12-6-5-11(10-15)13(14)9-12/h5-6,9H,3-4,7-8,10H2,1-2H3. The maximum Gasteiger partial charge on any atom is 0.0485 e. The van der Waals surface area contributed by atoms with Crippen molar-refractivity contribution in [2.75, 3.05) is 18.0 Å². The number of alkyl halides is 1. The highest BCUT2D eigenvalue weighted by atomic mass is 79.9. The zero-order valence-electron chi connectivity index (χ0n) is 9.97. The van der Waals surface area contributed by atoms with E-state index in [0.29, 0.717) is 5.88 Å². The highest BCUT2D eigenvalue weighted by Crippen LogP contribution is 2.25. The first-order valence-corrected chi connectivity index (χ1v) is 7.15. The lowest BCUT2D eigenvalue weighted by atomic mass is 10.2. The van der Waals surface area contributed by atoms with E-state index in [2.05, 4.69) is 52.9 Å². The van der Waals surface area contributed by atoms with E-state index in [4.69, 9.17) is 11.6 Å². The molecule has 16 heavy (non-hydrogen) atoms. The predicted molar refractivity (Wildman–Crippen MR) is 76.5 cm³/mol. The Morgan fingerprint density at radius 3 is 2.25 bits per heavy atom. The summed E-state index contributed by atoms with van der Waals surface area (Å²) in [5.74, 6) is 0.558. The molecule has 0 fully saturated rings. The Morgan fingerprint density at radius 2 is 1.81 bits per heavy atom. The van der Waals surface area contributed by atoms with Crippen molar-refractivity contribution in [3.63, 3.8) is 0 Å². The Balaban J connectivity index is 2.87. The average Bonchev–Trinajstić information content (AvgIpc) is 2.28. The van der Waals surface area contributed by atoms with Crippen LogP contribution >= 0.6 is 27.5 Å². The zero-order chi connectivity index (χ0) is 12.0. The number of halogens is 2. The van der Waals surface area contributed by atoms with Gasteiger partial charge in [0.05, 0.1) is 0 Å². The highest BCUT2D eigenvalue weighted by molar-refractivity contribution is 9.10. The minimum atomic E-state index is 0.558. The van der Waals surface area contributed by atoms with Gasteiger partial charge in [-0.05, 0) is 30.5 Å². The van der Waals surface area contributed by atoms with Crippen LogP contribution in [0.15, 0.2) is 22.7 Å². The molecule has 0 bridgehead atoms. The van der Waals surface area contributed by atoms with Gasteiger partial charge in [0.2, 0.25) is 0 Å². The molecule has 3 heteroatoms. The maximum absolute atomic E-state index is 5.84. The van der Waals surface area contributed by atoms with Crippen molar-refractivity contribution in [2.45, 2.75) is 32.6 Å². The topological polar surface area (TPSA) is 3.24 Å². The number of nitrogens with zero attached hydrogens (tertiary/aromatic N) is 1.